The van der Waals surface area contributed by atoms with E-state index in [0.29, 0.717) is 22.6 Å². The van der Waals surface area contributed by atoms with Crippen molar-refractivity contribution in [1.82, 2.24) is 0 Å². The Kier molecular flexibility index (Phi) is 4.42. The molecule has 0 aliphatic heterocycles. The summed E-state index contributed by atoms with van der Waals surface area (Å²) in [6.45, 7) is 1.65. The molecule has 0 radical (unpaired) electrons. The van der Waals surface area contributed by atoms with Gasteiger partial charge in [0.25, 0.3) is 5.91 Å². The second-order valence-corrected chi connectivity index (χ2v) is 5.24. The Morgan fingerprint density at radius 2 is 1.95 bits per heavy atom. The standard InChI is InChI=1S/C15H14BrNO3/c1-9(18)12-8-10(16)6-7-14(12)20-13-5-3-2-4-11(13)15(17)19/h2-9,18H,1H3,(H2,17,19). The van der Waals surface area contributed by atoms with Gasteiger partial charge in [-0.3, -0.25) is 4.79 Å². The second-order valence-electron chi connectivity index (χ2n) is 4.32. The summed E-state index contributed by atoms with van der Waals surface area (Å²) in [6, 6.07) is 12.0. The summed E-state index contributed by atoms with van der Waals surface area (Å²) in [4.78, 5) is 11.4. The molecular weight excluding hydrogens is 322 g/mol. The maximum absolute atomic E-state index is 11.4. The normalized spacial score (nSPS) is 11.9. The van der Waals surface area contributed by atoms with Gasteiger partial charge in [0.05, 0.1) is 11.7 Å². The molecule has 0 saturated carbocycles. The maximum atomic E-state index is 11.4. The SMILES string of the molecule is CC(O)c1cc(Br)ccc1Oc1ccccc1C(N)=O. The molecule has 0 bridgehead atoms. The molecule has 2 aromatic carbocycles. The molecule has 0 fully saturated rings. The molecule has 20 heavy (non-hydrogen) atoms. The van der Waals surface area contributed by atoms with E-state index in [-0.39, 0.29) is 0 Å². The van der Waals surface area contributed by atoms with E-state index in [1.807, 2.05) is 0 Å². The van der Waals surface area contributed by atoms with Gasteiger partial charge in [0.1, 0.15) is 11.5 Å². The molecule has 1 amide bonds. The molecule has 104 valence electrons. The molecule has 1 atom stereocenters. The highest BCUT2D eigenvalue weighted by molar-refractivity contribution is 9.10. The monoisotopic (exact) mass is 335 g/mol. The lowest BCUT2D eigenvalue weighted by Crippen LogP contribution is -2.12. The highest BCUT2D eigenvalue weighted by Crippen LogP contribution is 2.33. The first-order valence-electron chi connectivity index (χ1n) is 6.03. The number of para-hydroxylation sites is 1. The van der Waals surface area contributed by atoms with Crippen LogP contribution in [-0.4, -0.2) is 11.0 Å². The Balaban J connectivity index is 2.43. The largest absolute Gasteiger partial charge is 0.456 e. The number of halogens is 1. The van der Waals surface area contributed by atoms with E-state index < -0.39 is 12.0 Å². The molecule has 5 heteroatoms. The third kappa shape index (κ3) is 3.18. The Labute approximate surface area is 125 Å². The molecule has 0 aliphatic rings. The van der Waals surface area contributed by atoms with Crippen molar-refractivity contribution in [1.29, 1.82) is 0 Å². The number of aliphatic hydroxyl groups is 1. The van der Waals surface area contributed by atoms with E-state index in [9.17, 15) is 9.90 Å². The van der Waals surface area contributed by atoms with Crippen LogP contribution in [0, 0.1) is 0 Å². The number of rotatable bonds is 4. The number of amides is 1. The Morgan fingerprint density at radius 1 is 1.25 bits per heavy atom. The predicted molar refractivity (Wildman–Crippen MR) is 79.8 cm³/mol. The molecule has 0 heterocycles. The number of nitrogens with two attached hydrogens (primary N) is 1. The summed E-state index contributed by atoms with van der Waals surface area (Å²) in [5.74, 6) is 0.289. The molecule has 4 nitrogen and oxygen atoms in total. The maximum Gasteiger partial charge on any atom is 0.252 e. The number of benzene rings is 2. The van der Waals surface area contributed by atoms with Crippen molar-refractivity contribution in [3.05, 3.63) is 58.1 Å². The number of aliphatic hydroxyl groups excluding tert-OH is 1. The highest BCUT2D eigenvalue weighted by Gasteiger charge is 2.14. The van der Waals surface area contributed by atoms with Crippen molar-refractivity contribution in [2.24, 2.45) is 5.73 Å². The van der Waals surface area contributed by atoms with Crippen molar-refractivity contribution >= 4 is 21.8 Å². The van der Waals surface area contributed by atoms with Crippen molar-refractivity contribution in [2.45, 2.75) is 13.0 Å². The van der Waals surface area contributed by atoms with E-state index in [0.717, 1.165) is 4.47 Å². The van der Waals surface area contributed by atoms with E-state index in [1.165, 1.54) is 0 Å². The van der Waals surface area contributed by atoms with Gasteiger partial charge in [-0.25, -0.2) is 0 Å². The van der Waals surface area contributed by atoms with Crippen molar-refractivity contribution in [3.8, 4) is 11.5 Å². The van der Waals surface area contributed by atoms with Crippen LogP contribution >= 0.6 is 15.9 Å². The van der Waals surface area contributed by atoms with Crippen LogP contribution in [0.15, 0.2) is 46.9 Å². The van der Waals surface area contributed by atoms with Gasteiger partial charge in [0.15, 0.2) is 0 Å². The fourth-order valence-electron chi connectivity index (χ4n) is 1.82. The van der Waals surface area contributed by atoms with Crippen LogP contribution in [0.1, 0.15) is 28.9 Å². The van der Waals surface area contributed by atoms with Crippen LogP contribution in [-0.2, 0) is 0 Å². The lowest BCUT2D eigenvalue weighted by Gasteiger charge is -2.15. The molecular formula is C15H14BrNO3. The first kappa shape index (κ1) is 14.6. The number of ether oxygens (including phenoxy) is 1. The summed E-state index contributed by atoms with van der Waals surface area (Å²) in [5.41, 5.74) is 6.24. The van der Waals surface area contributed by atoms with Gasteiger partial charge in [0.2, 0.25) is 0 Å². The van der Waals surface area contributed by atoms with E-state index in [2.05, 4.69) is 15.9 Å². The molecule has 0 saturated heterocycles. The van der Waals surface area contributed by atoms with Gasteiger partial charge in [-0.2, -0.15) is 0 Å². The number of carbonyl (C=O) groups is 1. The summed E-state index contributed by atoms with van der Waals surface area (Å²) in [5, 5.41) is 9.79. The van der Waals surface area contributed by atoms with Crippen molar-refractivity contribution in [2.75, 3.05) is 0 Å². The fraction of sp³-hybridized carbons (Fsp3) is 0.133. The second kappa shape index (κ2) is 6.07. The molecule has 0 aromatic heterocycles. The van der Waals surface area contributed by atoms with Crippen molar-refractivity contribution in [3.63, 3.8) is 0 Å². The molecule has 2 rings (SSSR count). The molecule has 0 aliphatic carbocycles. The summed E-state index contributed by atoms with van der Waals surface area (Å²) in [6.07, 6.45) is -0.691. The van der Waals surface area contributed by atoms with Crippen LogP contribution in [0.4, 0.5) is 0 Å². The average Bonchev–Trinajstić information content (AvgIpc) is 2.41. The van der Waals surface area contributed by atoms with Gasteiger partial charge in [-0.15, -0.1) is 0 Å². The Bertz CT molecular complexity index is 641. The first-order valence-corrected chi connectivity index (χ1v) is 6.82. The van der Waals surface area contributed by atoms with Gasteiger partial charge in [-0.1, -0.05) is 28.1 Å². The zero-order chi connectivity index (χ0) is 14.7. The lowest BCUT2D eigenvalue weighted by atomic mass is 10.1. The van der Waals surface area contributed by atoms with E-state index in [4.69, 9.17) is 10.5 Å². The number of hydrogen-bond acceptors (Lipinski definition) is 3. The minimum atomic E-state index is -0.691. The average molecular weight is 336 g/mol. The highest BCUT2D eigenvalue weighted by atomic mass is 79.9. The van der Waals surface area contributed by atoms with Crippen molar-refractivity contribution < 1.29 is 14.6 Å². The first-order chi connectivity index (χ1) is 9.49. The molecule has 2 aromatic rings. The van der Waals surface area contributed by atoms with Gasteiger partial charge in [0, 0.05) is 10.0 Å². The van der Waals surface area contributed by atoms with Crippen LogP contribution in [0.5, 0.6) is 11.5 Å². The topological polar surface area (TPSA) is 72.6 Å². The lowest BCUT2D eigenvalue weighted by molar-refractivity contribution is 0.0998. The number of primary amides is 1. The van der Waals surface area contributed by atoms with Crippen LogP contribution in [0.25, 0.3) is 0 Å². The van der Waals surface area contributed by atoms with E-state index in [1.54, 1.807) is 49.4 Å². The Hall–Kier alpha value is -1.85. The van der Waals surface area contributed by atoms with Gasteiger partial charge >= 0.3 is 0 Å². The zero-order valence-corrected chi connectivity index (χ0v) is 12.4. The fourth-order valence-corrected chi connectivity index (χ4v) is 2.20. The number of hydrogen-bond donors (Lipinski definition) is 2. The zero-order valence-electron chi connectivity index (χ0n) is 10.8. The predicted octanol–water partition coefficient (Wildman–Crippen LogP) is 3.39. The molecule has 1 unspecified atom stereocenters. The van der Waals surface area contributed by atoms with Crippen LogP contribution < -0.4 is 10.5 Å². The molecule has 0 spiro atoms. The quantitative estimate of drug-likeness (QED) is 0.899. The Morgan fingerprint density at radius 3 is 2.60 bits per heavy atom. The summed E-state index contributed by atoms with van der Waals surface area (Å²) in [7, 11) is 0. The third-order valence-electron chi connectivity index (χ3n) is 2.79. The van der Waals surface area contributed by atoms with Gasteiger partial charge in [-0.05, 0) is 37.3 Å². The van der Waals surface area contributed by atoms with Crippen LogP contribution in [0.3, 0.4) is 0 Å². The number of carbonyl (C=O) groups excluding carboxylic acids is 1. The smallest absolute Gasteiger partial charge is 0.252 e. The summed E-state index contributed by atoms with van der Waals surface area (Å²) >= 11 is 3.35. The summed E-state index contributed by atoms with van der Waals surface area (Å²) < 4.78 is 6.57. The van der Waals surface area contributed by atoms with E-state index >= 15 is 0 Å². The minimum absolute atomic E-state index is 0.298. The molecule has 3 N–H and O–H groups in total. The minimum Gasteiger partial charge on any atom is -0.456 e. The van der Waals surface area contributed by atoms with Gasteiger partial charge < -0.3 is 15.6 Å². The van der Waals surface area contributed by atoms with Crippen LogP contribution in [0.2, 0.25) is 0 Å². The third-order valence-corrected chi connectivity index (χ3v) is 3.29.